The molecule has 1 heterocycles. The molecule has 0 saturated carbocycles. The molecular weight excluding hydrogens is 296 g/mol. The molecule has 7 heteroatoms. The lowest BCUT2D eigenvalue weighted by Gasteiger charge is -2.23. The Balaban J connectivity index is 2.23. The highest BCUT2D eigenvalue weighted by Crippen LogP contribution is 2.13. The molecule has 120 valence electrons. The largest absolute Gasteiger partial charge is 0.492 e. The van der Waals surface area contributed by atoms with Crippen molar-refractivity contribution in [2.24, 2.45) is 14.1 Å². The fraction of sp³-hybridized carbons (Fsp3) is 0.312. The average molecular weight is 314 g/mol. The molecular formula is C16H18N4O3. The van der Waals surface area contributed by atoms with E-state index in [2.05, 4.69) is 0 Å². The molecule has 7 nitrogen and oxygen atoms in total. The van der Waals surface area contributed by atoms with Crippen molar-refractivity contribution in [2.45, 2.75) is 0 Å². The minimum absolute atomic E-state index is 0.0585. The van der Waals surface area contributed by atoms with Gasteiger partial charge in [-0.05, 0) is 12.1 Å². The first-order valence-corrected chi connectivity index (χ1v) is 7.06. The maximum absolute atomic E-state index is 12.1. The van der Waals surface area contributed by atoms with E-state index in [9.17, 15) is 14.9 Å². The molecule has 0 radical (unpaired) electrons. The first-order chi connectivity index (χ1) is 11.0. The summed E-state index contributed by atoms with van der Waals surface area (Å²) in [7, 11) is 4.60. The summed E-state index contributed by atoms with van der Waals surface area (Å²) in [4.78, 5) is 25.8. The van der Waals surface area contributed by atoms with Crippen LogP contribution in [0.4, 0.5) is 5.82 Å². The van der Waals surface area contributed by atoms with Crippen LogP contribution in [-0.2, 0) is 14.1 Å². The van der Waals surface area contributed by atoms with E-state index in [-0.39, 0.29) is 11.4 Å². The molecule has 0 aliphatic carbocycles. The number of anilines is 1. The van der Waals surface area contributed by atoms with E-state index >= 15 is 0 Å². The van der Waals surface area contributed by atoms with Crippen LogP contribution >= 0.6 is 0 Å². The Hall–Kier alpha value is -3.01. The molecule has 0 spiro atoms. The van der Waals surface area contributed by atoms with Crippen LogP contribution in [0.15, 0.2) is 39.9 Å². The van der Waals surface area contributed by atoms with Gasteiger partial charge in [-0.1, -0.05) is 18.2 Å². The fourth-order valence-electron chi connectivity index (χ4n) is 2.30. The fourth-order valence-corrected chi connectivity index (χ4v) is 2.30. The summed E-state index contributed by atoms with van der Waals surface area (Å²) in [6.07, 6.45) is 0. The second-order valence-corrected chi connectivity index (χ2v) is 5.10. The molecule has 0 saturated heterocycles. The van der Waals surface area contributed by atoms with Gasteiger partial charge in [-0.25, -0.2) is 4.79 Å². The number of hydrogen-bond donors (Lipinski definition) is 0. The highest BCUT2D eigenvalue weighted by atomic mass is 16.5. The van der Waals surface area contributed by atoms with Crippen LogP contribution in [0.25, 0.3) is 0 Å². The average Bonchev–Trinajstić information content (AvgIpc) is 2.56. The Morgan fingerprint density at radius 1 is 1.17 bits per heavy atom. The summed E-state index contributed by atoms with van der Waals surface area (Å²) in [5.74, 6) is 1.02. The lowest BCUT2D eigenvalue weighted by molar-refractivity contribution is 0.325. The molecule has 0 aliphatic rings. The van der Waals surface area contributed by atoms with E-state index in [4.69, 9.17) is 4.74 Å². The van der Waals surface area contributed by atoms with Gasteiger partial charge in [0.05, 0.1) is 6.54 Å². The summed E-state index contributed by atoms with van der Waals surface area (Å²) in [6.45, 7) is 0.777. The number of nitrogens with zero attached hydrogens (tertiary/aromatic N) is 4. The SMILES string of the molecule is CN(CCOc1ccccc1)c1c(C#N)c(=O)n(C)c(=O)n1C. The van der Waals surface area contributed by atoms with Crippen molar-refractivity contribution >= 4 is 5.82 Å². The number of benzene rings is 1. The smallest absolute Gasteiger partial charge is 0.332 e. The van der Waals surface area contributed by atoms with Gasteiger partial charge in [0.1, 0.15) is 24.2 Å². The van der Waals surface area contributed by atoms with Crippen molar-refractivity contribution in [3.05, 3.63) is 56.7 Å². The van der Waals surface area contributed by atoms with E-state index in [1.54, 1.807) is 11.9 Å². The van der Waals surface area contributed by atoms with Gasteiger partial charge in [0.2, 0.25) is 0 Å². The van der Waals surface area contributed by atoms with Gasteiger partial charge in [0, 0.05) is 21.1 Å². The van der Waals surface area contributed by atoms with Crippen molar-refractivity contribution in [1.29, 1.82) is 5.26 Å². The standard InChI is InChI=1S/C16H18N4O3/c1-18(9-10-23-12-7-5-4-6-8-12)14-13(11-17)15(21)20(3)16(22)19(14)2/h4-8H,9-10H2,1-3H3. The molecule has 0 N–H and O–H groups in total. The van der Waals surface area contributed by atoms with Crippen LogP contribution in [0.1, 0.15) is 5.56 Å². The van der Waals surface area contributed by atoms with Crippen molar-refractivity contribution in [2.75, 3.05) is 25.1 Å². The lowest BCUT2D eigenvalue weighted by atomic mass is 10.3. The van der Waals surface area contributed by atoms with Crippen LogP contribution in [0, 0.1) is 11.3 Å². The zero-order chi connectivity index (χ0) is 17.0. The highest BCUT2D eigenvalue weighted by Gasteiger charge is 2.18. The van der Waals surface area contributed by atoms with Crippen LogP contribution in [0.2, 0.25) is 0 Å². The van der Waals surface area contributed by atoms with Gasteiger partial charge >= 0.3 is 5.69 Å². The second-order valence-electron chi connectivity index (χ2n) is 5.10. The molecule has 0 aliphatic heterocycles. The number of nitriles is 1. The monoisotopic (exact) mass is 314 g/mol. The molecule has 0 amide bonds. The maximum Gasteiger partial charge on any atom is 0.332 e. The van der Waals surface area contributed by atoms with E-state index in [0.29, 0.717) is 13.2 Å². The van der Waals surface area contributed by atoms with Crippen molar-refractivity contribution in [3.8, 4) is 11.8 Å². The molecule has 0 unspecified atom stereocenters. The normalized spacial score (nSPS) is 10.2. The Bertz CT molecular complexity index is 847. The van der Waals surface area contributed by atoms with Crippen molar-refractivity contribution < 1.29 is 4.74 Å². The van der Waals surface area contributed by atoms with Crippen LogP contribution < -0.4 is 20.9 Å². The Morgan fingerprint density at radius 3 is 2.43 bits per heavy atom. The third-order valence-electron chi connectivity index (χ3n) is 3.55. The molecule has 2 aromatic rings. The molecule has 1 aromatic carbocycles. The van der Waals surface area contributed by atoms with E-state index in [1.807, 2.05) is 36.4 Å². The van der Waals surface area contributed by atoms with Gasteiger partial charge in [0.15, 0.2) is 5.56 Å². The topological polar surface area (TPSA) is 80.3 Å². The molecule has 23 heavy (non-hydrogen) atoms. The van der Waals surface area contributed by atoms with Gasteiger partial charge < -0.3 is 9.64 Å². The summed E-state index contributed by atoms with van der Waals surface area (Å²) in [5.41, 5.74) is -1.13. The molecule has 0 fully saturated rings. The third-order valence-corrected chi connectivity index (χ3v) is 3.55. The lowest BCUT2D eigenvalue weighted by Crippen LogP contribution is -2.42. The third kappa shape index (κ3) is 3.26. The summed E-state index contributed by atoms with van der Waals surface area (Å²) in [6, 6.07) is 11.2. The van der Waals surface area contributed by atoms with E-state index < -0.39 is 11.2 Å². The second kappa shape index (κ2) is 6.83. The van der Waals surface area contributed by atoms with Gasteiger partial charge in [-0.3, -0.25) is 13.9 Å². The molecule has 1 aromatic heterocycles. The van der Waals surface area contributed by atoms with Gasteiger partial charge in [0.25, 0.3) is 5.56 Å². The number of hydrogen-bond acceptors (Lipinski definition) is 5. The summed E-state index contributed by atoms with van der Waals surface area (Å²) >= 11 is 0. The Kier molecular flexibility index (Phi) is 4.86. The number of para-hydroxylation sites is 1. The minimum atomic E-state index is -0.596. The van der Waals surface area contributed by atoms with E-state index in [0.717, 1.165) is 10.3 Å². The zero-order valence-electron chi connectivity index (χ0n) is 13.3. The molecule has 0 bridgehead atoms. The Labute approximate surface area is 133 Å². The maximum atomic E-state index is 12.1. The quantitative estimate of drug-likeness (QED) is 0.801. The van der Waals surface area contributed by atoms with E-state index in [1.165, 1.54) is 18.7 Å². The van der Waals surface area contributed by atoms with Crippen LogP contribution in [-0.4, -0.2) is 29.3 Å². The van der Waals surface area contributed by atoms with Gasteiger partial charge in [-0.2, -0.15) is 5.26 Å². The molecule has 0 atom stereocenters. The first-order valence-electron chi connectivity index (χ1n) is 7.06. The minimum Gasteiger partial charge on any atom is -0.492 e. The molecule has 2 rings (SSSR count). The predicted octanol–water partition coefficient (Wildman–Crippen LogP) is 0.471. The zero-order valence-corrected chi connectivity index (χ0v) is 13.3. The van der Waals surface area contributed by atoms with Crippen LogP contribution in [0.5, 0.6) is 5.75 Å². The number of rotatable bonds is 5. The Morgan fingerprint density at radius 2 is 1.83 bits per heavy atom. The number of aromatic nitrogens is 2. The summed E-state index contributed by atoms with van der Waals surface area (Å²) in [5, 5.41) is 9.25. The summed E-state index contributed by atoms with van der Waals surface area (Å²) < 4.78 is 7.82. The number of likely N-dealkylation sites (N-methyl/N-ethyl adjacent to an activating group) is 1. The van der Waals surface area contributed by atoms with Crippen molar-refractivity contribution in [1.82, 2.24) is 9.13 Å². The number of ether oxygens (including phenoxy) is 1. The van der Waals surface area contributed by atoms with Crippen molar-refractivity contribution in [3.63, 3.8) is 0 Å². The van der Waals surface area contributed by atoms with Crippen LogP contribution in [0.3, 0.4) is 0 Å². The van der Waals surface area contributed by atoms with Gasteiger partial charge in [-0.15, -0.1) is 0 Å². The highest BCUT2D eigenvalue weighted by molar-refractivity contribution is 5.52. The first kappa shape index (κ1) is 16.4. The predicted molar refractivity (Wildman–Crippen MR) is 86.8 cm³/mol.